The Bertz CT molecular complexity index is 754. The number of amides is 2. The predicted molar refractivity (Wildman–Crippen MR) is 144 cm³/mol. The number of hydrogen-bond donors (Lipinski definition) is 4. The van der Waals surface area contributed by atoms with Crippen molar-refractivity contribution < 1.29 is 24.2 Å². The smallest absolute Gasteiger partial charge is 0.403 e. The van der Waals surface area contributed by atoms with Crippen molar-refractivity contribution in [3.05, 3.63) is 42.2 Å². The Balaban J connectivity index is 0. The van der Waals surface area contributed by atoms with Crippen LogP contribution in [0.3, 0.4) is 0 Å². The molecule has 0 spiro atoms. The Morgan fingerprint density at radius 1 is 1.17 bits per heavy atom. The molecule has 0 aromatic heterocycles. The van der Waals surface area contributed by atoms with Crippen LogP contribution in [0, 0.1) is 0 Å². The zero-order valence-corrected chi connectivity index (χ0v) is 22.8. The van der Waals surface area contributed by atoms with Crippen molar-refractivity contribution in [3.63, 3.8) is 0 Å². The number of methoxy groups -OCH3 is 1. The van der Waals surface area contributed by atoms with Crippen LogP contribution in [0.4, 0.5) is 10.5 Å². The monoisotopic (exact) mass is 530 g/mol. The van der Waals surface area contributed by atoms with E-state index in [1.807, 2.05) is 20.9 Å². The van der Waals surface area contributed by atoms with Gasteiger partial charge in [0.05, 0.1) is 19.3 Å². The van der Waals surface area contributed by atoms with Crippen LogP contribution < -0.4 is 21.9 Å². The molecule has 11 nitrogen and oxygen atoms in total. The van der Waals surface area contributed by atoms with Crippen molar-refractivity contribution >= 4 is 34.5 Å². The first-order chi connectivity index (χ1) is 17.2. The third-order valence-electron chi connectivity index (χ3n) is 4.60. The lowest BCUT2D eigenvalue weighted by Crippen LogP contribution is -2.50. The largest absolute Gasteiger partial charge is 0.457 e. The molecule has 0 unspecified atom stereocenters. The molecular formula is C24H43ClN6O5. The zero-order valence-electron chi connectivity index (χ0n) is 22.1. The molecule has 0 aliphatic carbocycles. The number of likely N-dealkylation sites (N-methyl/N-ethyl adjacent to an activating group) is 1. The molecule has 1 saturated heterocycles. The van der Waals surface area contributed by atoms with E-state index in [1.54, 1.807) is 29.2 Å². The summed E-state index contributed by atoms with van der Waals surface area (Å²) in [6.45, 7) is 9.50. The molecule has 36 heavy (non-hydrogen) atoms. The van der Waals surface area contributed by atoms with E-state index < -0.39 is 5.43 Å². The van der Waals surface area contributed by atoms with E-state index in [0.717, 1.165) is 25.9 Å². The Kier molecular flexibility index (Phi) is 22.2. The van der Waals surface area contributed by atoms with Crippen LogP contribution in [0.5, 0.6) is 0 Å². The first kappa shape index (κ1) is 35.3. The molecule has 1 aromatic carbocycles. The van der Waals surface area contributed by atoms with Gasteiger partial charge in [0, 0.05) is 62.4 Å². The molecule has 1 aliphatic rings. The normalized spacial score (nSPS) is 12.6. The second-order valence-electron chi connectivity index (χ2n) is 7.18. The number of piperazine rings is 1. The van der Waals surface area contributed by atoms with E-state index in [1.165, 1.54) is 24.5 Å². The fraction of sp³-hybridized carbons (Fsp3) is 0.542. The van der Waals surface area contributed by atoms with Gasteiger partial charge in [0.15, 0.2) is 0 Å². The van der Waals surface area contributed by atoms with Crippen LogP contribution in [0.25, 0.3) is 0 Å². The maximum Gasteiger partial charge on any atom is 0.403 e. The number of anilines is 1. The van der Waals surface area contributed by atoms with Gasteiger partial charge in [-0.3, -0.25) is 14.6 Å². The summed E-state index contributed by atoms with van der Waals surface area (Å²) in [4.78, 5) is 37.5. The number of nitrogens with zero attached hydrogens (tertiary/aromatic N) is 3. The van der Waals surface area contributed by atoms with Crippen LogP contribution in [0.15, 0.2) is 36.7 Å². The van der Waals surface area contributed by atoms with Gasteiger partial charge in [-0.1, -0.05) is 27.2 Å². The maximum absolute atomic E-state index is 12.1. The summed E-state index contributed by atoms with van der Waals surface area (Å²) in [5.41, 5.74) is 5.67. The zero-order chi connectivity index (χ0) is 27.9. The number of halogens is 1. The maximum atomic E-state index is 12.1. The molecule has 6 N–H and O–H groups in total. The van der Waals surface area contributed by atoms with Gasteiger partial charge in [-0.2, -0.15) is 0 Å². The molecule has 0 radical (unpaired) electrons. The summed E-state index contributed by atoms with van der Waals surface area (Å²) in [6, 6.07) is 6.71. The Labute approximate surface area is 219 Å². The van der Waals surface area contributed by atoms with E-state index in [4.69, 9.17) is 16.7 Å². The summed E-state index contributed by atoms with van der Waals surface area (Å²) < 4.78 is 3.88. The molecule has 0 bridgehead atoms. The van der Waals surface area contributed by atoms with Crippen LogP contribution in [0.1, 0.15) is 44.0 Å². The first-order valence-corrected chi connectivity index (χ1v) is 12.2. The topological polar surface area (TPSA) is 154 Å². The quantitative estimate of drug-likeness (QED) is 0.235. The van der Waals surface area contributed by atoms with Crippen molar-refractivity contribution in [3.8, 4) is 0 Å². The first-order valence-electron chi connectivity index (χ1n) is 11.8. The lowest BCUT2D eigenvalue weighted by molar-refractivity contribution is -0.131. The van der Waals surface area contributed by atoms with Gasteiger partial charge in [-0.25, -0.2) is 10.6 Å². The lowest BCUT2D eigenvalue weighted by atomic mass is 10.2. The minimum Gasteiger partial charge on any atom is -0.457 e. The van der Waals surface area contributed by atoms with Crippen LogP contribution in [0.2, 0.25) is 0 Å². The molecule has 1 aromatic rings. The highest BCUT2D eigenvalue weighted by Gasteiger charge is 2.19. The number of nitrogens with two attached hydrogens (primary N) is 2. The summed E-state index contributed by atoms with van der Waals surface area (Å²) >= 11 is 4.60. The van der Waals surface area contributed by atoms with E-state index >= 15 is 0 Å². The number of aliphatic hydroxyl groups excluding tert-OH is 1. The Morgan fingerprint density at radius 3 is 2.08 bits per heavy atom. The average molecular weight is 531 g/mol. The fourth-order valence-electron chi connectivity index (χ4n) is 2.55. The summed E-state index contributed by atoms with van der Waals surface area (Å²) in [5.74, 6) is 5.38. The van der Waals surface area contributed by atoms with Crippen molar-refractivity contribution in [2.75, 3.05) is 58.5 Å². The summed E-state index contributed by atoms with van der Waals surface area (Å²) in [5, 5.41) is 12.1. The highest BCUT2D eigenvalue weighted by Crippen LogP contribution is 2.12. The average Bonchev–Trinajstić information content (AvgIpc) is 2.90. The number of unbranched alkanes of at least 4 members (excludes halogenated alkanes) is 1. The number of carbonyl (C=O) groups is 3. The third-order valence-corrected chi connectivity index (χ3v) is 4.76. The number of hydrazine groups is 1. The number of aliphatic hydroxyl groups is 1. The molecule has 206 valence electrons. The van der Waals surface area contributed by atoms with Gasteiger partial charge < -0.3 is 30.7 Å². The predicted octanol–water partition coefficient (Wildman–Crippen LogP) is 2.10. The molecule has 12 heteroatoms. The van der Waals surface area contributed by atoms with Crippen molar-refractivity contribution in [1.82, 2.24) is 15.1 Å². The molecule has 2 amide bonds. The number of rotatable bonds is 7. The fourth-order valence-corrected chi connectivity index (χ4v) is 2.55. The lowest BCUT2D eigenvalue weighted by Gasteiger charge is -2.32. The minimum absolute atomic E-state index is 0.00320. The van der Waals surface area contributed by atoms with Crippen LogP contribution in [-0.2, 0) is 9.53 Å². The summed E-state index contributed by atoms with van der Waals surface area (Å²) in [6.07, 6.45) is 4.87. The van der Waals surface area contributed by atoms with Crippen molar-refractivity contribution in [2.45, 2.75) is 33.6 Å². The van der Waals surface area contributed by atoms with E-state index in [0.29, 0.717) is 30.9 Å². The van der Waals surface area contributed by atoms with E-state index in [-0.39, 0.29) is 18.4 Å². The van der Waals surface area contributed by atoms with Gasteiger partial charge in [0.2, 0.25) is 5.91 Å². The number of carbonyl (C=O) groups excluding carboxylic acids is 3. The van der Waals surface area contributed by atoms with Crippen molar-refractivity contribution in [1.29, 1.82) is 0 Å². The van der Waals surface area contributed by atoms with E-state index in [9.17, 15) is 14.4 Å². The second-order valence-corrected chi connectivity index (χ2v) is 7.49. The second kappa shape index (κ2) is 22.6. The number of ether oxygens (including phenoxy) is 1. The molecule has 2 rings (SSSR count). The molecular weight excluding hydrogens is 488 g/mol. The van der Waals surface area contributed by atoms with Gasteiger partial charge in [0.25, 0.3) is 5.91 Å². The highest BCUT2D eigenvalue weighted by atomic mass is 35.5. The SMILES string of the molecule is CC.CCCCO.CN1CCN(C(=O)CNC(=O)c2ccc(N(N)/C=C\N)cc2)CC1.COC(=O)Cl. The molecule has 1 fully saturated rings. The molecule has 0 saturated carbocycles. The third kappa shape index (κ3) is 16.7. The van der Waals surface area contributed by atoms with Gasteiger partial charge in [-0.15, -0.1) is 0 Å². The van der Waals surface area contributed by atoms with Gasteiger partial charge in [-0.05, 0) is 37.7 Å². The molecule has 1 aliphatic heterocycles. The standard InChI is InChI=1S/C16H24N6O2.C4H10O.C2H3ClO2.C2H6/c1-20-8-10-21(11-9-20)15(23)12-19-16(24)13-2-4-14(5-3-13)22(18)7-6-17;1-2-3-4-5;1-5-2(3)4;1-2/h2-7H,8-12,17-18H2,1H3,(H,19,24);5H,2-4H2,1H3;1H3;1-2H3/b7-6-;;;. The highest BCUT2D eigenvalue weighted by molar-refractivity contribution is 6.61. The Morgan fingerprint density at radius 2 is 1.69 bits per heavy atom. The molecule has 0 atom stereocenters. The Hall–Kier alpha value is -2.86. The van der Waals surface area contributed by atoms with E-state index in [2.05, 4.69) is 33.5 Å². The number of hydrogen-bond acceptors (Lipinski definition) is 9. The number of nitrogens with one attached hydrogen (secondary N) is 1. The van der Waals surface area contributed by atoms with Crippen LogP contribution >= 0.6 is 11.6 Å². The van der Waals surface area contributed by atoms with Gasteiger partial charge in [0.1, 0.15) is 0 Å². The van der Waals surface area contributed by atoms with Crippen molar-refractivity contribution in [2.24, 2.45) is 11.6 Å². The number of benzene rings is 1. The minimum atomic E-state index is -0.773. The molecule has 1 heterocycles. The van der Waals surface area contributed by atoms with Crippen LogP contribution in [-0.4, -0.2) is 85.6 Å². The van der Waals surface area contributed by atoms with Gasteiger partial charge >= 0.3 is 5.43 Å². The summed E-state index contributed by atoms with van der Waals surface area (Å²) in [7, 11) is 3.24.